The molecular weight excluding hydrogens is 380 g/mol. The van der Waals surface area contributed by atoms with Crippen LogP contribution in [-0.2, 0) is 0 Å². The Labute approximate surface area is 137 Å². The number of halogens is 2. The predicted octanol–water partition coefficient (Wildman–Crippen LogP) is 4.28. The van der Waals surface area contributed by atoms with Gasteiger partial charge in [-0.05, 0) is 77.9 Å². The second kappa shape index (κ2) is 6.32. The average Bonchev–Trinajstić information content (AvgIpc) is 3.27. The molecule has 2 aromatic carbocycles. The molecule has 0 saturated heterocycles. The summed E-state index contributed by atoms with van der Waals surface area (Å²) >= 11 is 2.18. The van der Waals surface area contributed by atoms with E-state index in [4.69, 9.17) is 4.74 Å². The summed E-state index contributed by atoms with van der Waals surface area (Å²) < 4.78 is 19.9. The van der Waals surface area contributed by atoms with Crippen LogP contribution in [0.3, 0.4) is 0 Å². The van der Waals surface area contributed by atoms with Crippen LogP contribution in [0.1, 0.15) is 30.0 Å². The minimum absolute atomic E-state index is 0.0486. The molecule has 0 amide bonds. The Bertz CT molecular complexity index is 625. The molecule has 2 aromatic rings. The highest BCUT2D eigenvalue weighted by atomic mass is 127. The topological polar surface area (TPSA) is 21.3 Å². The molecule has 1 atom stereocenters. The largest absolute Gasteiger partial charge is 0.490 e. The van der Waals surface area contributed by atoms with Gasteiger partial charge in [-0.3, -0.25) is 0 Å². The maximum absolute atomic E-state index is 13.3. The lowest BCUT2D eigenvalue weighted by molar-refractivity contribution is 0.303. The Hall–Kier alpha value is -1.14. The lowest BCUT2D eigenvalue weighted by Crippen LogP contribution is -2.18. The molecule has 1 aliphatic rings. The van der Waals surface area contributed by atoms with Crippen molar-refractivity contribution in [2.75, 3.05) is 7.05 Å². The molecule has 1 fully saturated rings. The van der Waals surface area contributed by atoms with Crippen molar-refractivity contribution in [2.24, 2.45) is 0 Å². The van der Waals surface area contributed by atoms with Gasteiger partial charge >= 0.3 is 0 Å². The molecule has 0 aliphatic heterocycles. The first kappa shape index (κ1) is 14.8. The molecule has 1 N–H and O–H groups in total. The van der Waals surface area contributed by atoms with Crippen LogP contribution in [0.25, 0.3) is 0 Å². The highest BCUT2D eigenvalue weighted by molar-refractivity contribution is 14.1. The highest BCUT2D eigenvalue weighted by Crippen LogP contribution is 2.30. The molecule has 0 aromatic heterocycles. The molecule has 3 rings (SSSR count). The van der Waals surface area contributed by atoms with E-state index < -0.39 is 0 Å². The van der Waals surface area contributed by atoms with Crippen molar-refractivity contribution in [1.82, 2.24) is 5.32 Å². The Kier molecular flexibility index (Phi) is 4.45. The summed E-state index contributed by atoms with van der Waals surface area (Å²) in [4.78, 5) is 0. The highest BCUT2D eigenvalue weighted by Gasteiger charge is 2.23. The van der Waals surface area contributed by atoms with E-state index in [9.17, 15) is 4.39 Å². The molecule has 2 nitrogen and oxygen atoms in total. The fourth-order valence-corrected chi connectivity index (χ4v) is 3.14. The lowest BCUT2D eigenvalue weighted by atomic mass is 9.99. The number of nitrogens with one attached hydrogen (secondary N) is 1. The number of benzene rings is 2. The third-order valence-electron chi connectivity index (χ3n) is 3.60. The van der Waals surface area contributed by atoms with Gasteiger partial charge in [0.25, 0.3) is 0 Å². The summed E-state index contributed by atoms with van der Waals surface area (Å²) in [5.41, 5.74) is 2.22. The molecular formula is C17H17FINO. The zero-order chi connectivity index (χ0) is 14.8. The second-order valence-electron chi connectivity index (χ2n) is 5.27. The fourth-order valence-electron chi connectivity index (χ4n) is 2.35. The maximum atomic E-state index is 13.3. The summed E-state index contributed by atoms with van der Waals surface area (Å²) in [7, 11) is 1.92. The smallest absolute Gasteiger partial charge is 0.124 e. The molecule has 110 valence electrons. The molecule has 0 heterocycles. The molecule has 0 spiro atoms. The maximum Gasteiger partial charge on any atom is 0.124 e. The van der Waals surface area contributed by atoms with Gasteiger partial charge in [-0.25, -0.2) is 4.39 Å². The van der Waals surface area contributed by atoms with Crippen molar-refractivity contribution in [3.8, 4) is 5.75 Å². The van der Waals surface area contributed by atoms with Gasteiger partial charge in [-0.2, -0.15) is 0 Å². The van der Waals surface area contributed by atoms with Gasteiger partial charge in [0.05, 0.1) is 12.1 Å². The molecule has 0 bridgehead atoms. The SMILES string of the molecule is CNC(c1ccc(OC2CC2)cc1)c1ccc(F)cc1I. The van der Waals surface area contributed by atoms with E-state index in [2.05, 4.69) is 40.0 Å². The van der Waals surface area contributed by atoms with Crippen molar-refractivity contribution in [3.63, 3.8) is 0 Å². The molecule has 4 heteroatoms. The monoisotopic (exact) mass is 397 g/mol. The van der Waals surface area contributed by atoms with Gasteiger partial charge in [0.15, 0.2) is 0 Å². The van der Waals surface area contributed by atoms with Crippen molar-refractivity contribution in [2.45, 2.75) is 25.0 Å². The number of hydrogen-bond donors (Lipinski definition) is 1. The normalized spacial score (nSPS) is 15.8. The van der Waals surface area contributed by atoms with Gasteiger partial charge < -0.3 is 10.1 Å². The van der Waals surface area contributed by atoms with E-state index in [0.29, 0.717) is 6.10 Å². The average molecular weight is 397 g/mol. The van der Waals surface area contributed by atoms with E-state index in [-0.39, 0.29) is 11.9 Å². The van der Waals surface area contributed by atoms with E-state index in [0.717, 1.165) is 33.3 Å². The van der Waals surface area contributed by atoms with Gasteiger partial charge in [-0.1, -0.05) is 18.2 Å². The number of hydrogen-bond acceptors (Lipinski definition) is 2. The van der Waals surface area contributed by atoms with Crippen molar-refractivity contribution in [3.05, 3.63) is 63.0 Å². The summed E-state index contributed by atoms with van der Waals surface area (Å²) in [6.07, 6.45) is 2.73. The second-order valence-corrected chi connectivity index (χ2v) is 6.44. The van der Waals surface area contributed by atoms with Crippen LogP contribution >= 0.6 is 22.6 Å². The number of ether oxygens (including phenoxy) is 1. The Morgan fingerprint density at radius 1 is 1.19 bits per heavy atom. The fraction of sp³-hybridized carbons (Fsp3) is 0.294. The van der Waals surface area contributed by atoms with Crippen molar-refractivity contribution < 1.29 is 9.13 Å². The lowest BCUT2D eigenvalue weighted by Gasteiger charge is -2.19. The van der Waals surface area contributed by atoms with Gasteiger partial charge in [0.1, 0.15) is 11.6 Å². The zero-order valence-corrected chi connectivity index (χ0v) is 13.9. The molecule has 1 aliphatic carbocycles. The summed E-state index contributed by atoms with van der Waals surface area (Å²) in [5.74, 6) is 0.719. The van der Waals surface area contributed by atoms with Crippen LogP contribution < -0.4 is 10.1 Å². The quantitative estimate of drug-likeness (QED) is 0.761. The Morgan fingerprint density at radius 3 is 2.48 bits per heavy atom. The summed E-state index contributed by atoms with van der Waals surface area (Å²) in [5, 5.41) is 3.30. The number of rotatable bonds is 5. The molecule has 1 unspecified atom stereocenters. The standard InChI is InChI=1S/C17H17FINO/c1-20-17(15-9-4-12(18)10-16(15)19)11-2-5-13(6-3-11)21-14-7-8-14/h2-6,9-10,14,17,20H,7-8H2,1H3. The van der Waals surface area contributed by atoms with Crippen LogP contribution in [0.4, 0.5) is 4.39 Å². The van der Waals surface area contributed by atoms with Gasteiger partial charge in [0.2, 0.25) is 0 Å². The molecule has 1 saturated carbocycles. The minimum atomic E-state index is -0.203. The van der Waals surface area contributed by atoms with Crippen LogP contribution in [0.2, 0.25) is 0 Å². The third-order valence-corrected chi connectivity index (χ3v) is 4.54. The van der Waals surface area contributed by atoms with Crippen LogP contribution in [0.5, 0.6) is 5.75 Å². The zero-order valence-electron chi connectivity index (χ0n) is 11.8. The van der Waals surface area contributed by atoms with E-state index in [1.807, 2.05) is 25.2 Å². The van der Waals surface area contributed by atoms with Crippen molar-refractivity contribution in [1.29, 1.82) is 0 Å². The first-order chi connectivity index (χ1) is 10.2. The van der Waals surface area contributed by atoms with E-state index >= 15 is 0 Å². The molecule has 21 heavy (non-hydrogen) atoms. The van der Waals surface area contributed by atoms with Gasteiger partial charge in [0, 0.05) is 3.57 Å². The van der Waals surface area contributed by atoms with Crippen molar-refractivity contribution >= 4 is 22.6 Å². The Morgan fingerprint density at radius 2 is 1.90 bits per heavy atom. The van der Waals surface area contributed by atoms with Crippen LogP contribution in [-0.4, -0.2) is 13.2 Å². The summed E-state index contributed by atoms with van der Waals surface area (Å²) in [6.45, 7) is 0. The summed E-state index contributed by atoms with van der Waals surface area (Å²) in [6, 6.07) is 13.1. The Balaban J connectivity index is 1.84. The predicted molar refractivity (Wildman–Crippen MR) is 90.1 cm³/mol. The first-order valence-corrected chi connectivity index (χ1v) is 8.14. The van der Waals surface area contributed by atoms with E-state index in [1.54, 1.807) is 6.07 Å². The molecule has 0 radical (unpaired) electrons. The van der Waals surface area contributed by atoms with Crippen LogP contribution in [0.15, 0.2) is 42.5 Å². The van der Waals surface area contributed by atoms with E-state index in [1.165, 1.54) is 6.07 Å². The van der Waals surface area contributed by atoms with Gasteiger partial charge in [-0.15, -0.1) is 0 Å². The minimum Gasteiger partial charge on any atom is -0.490 e. The third kappa shape index (κ3) is 3.55. The first-order valence-electron chi connectivity index (χ1n) is 7.06. The van der Waals surface area contributed by atoms with Crippen LogP contribution in [0, 0.1) is 9.39 Å².